The lowest BCUT2D eigenvalue weighted by molar-refractivity contribution is -0.134. The van der Waals surface area contributed by atoms with Gasteiger partial charge in [0, 0.05) is 82.8 Å². The third-order valence-corrected chi connectivity index (χ3v) is 14.2. The summed E-state index contributed by atoms with van der Waals surface area (Å²) in [5, 5.41) is 15.5. The lowest BCUT2D eigenvalue weighted by Gasteiger charge is -2.37. The van der Waals surface area contributed by atoms with Gasteiger partial charge in [-0.3, -0.25) is 29.3 Å². The van der Waals surface area contributed by atoms with Gasteiger partial charge in [0.25, 0.3) is 5.56 Å². The fourth-order valence-electron chi connectivity index (χ4n) is 10.4. The van der Waals surface area contributed by atoms with Gasteiger partial charge in [0.05, 0.1) is 46.3 Å². The van der Waals surface area contributed by atoms with Crippen LogP contribution in [0.25, 0.3) is 21.8 Å². The Morgan fingerprint density at radius 2 is 1.77 bits per heavy atom. The summed E-state index contributed by atoms with van der Waals surface area (Å²) in [6, 6.07) is 10.5. The number of aromatic nitrogens is 5. The van der Waals surface area contributed by atoms with Crippen molar-refractivity contribution >= 4 is 74.0 Å². The van der Waals surface area contributed by atoms with Crippen LogP contribution in [0.15, 0.2) is 47.4 Å². The molecule has 15 nitrogen and oxygen atoms in total. The predicted octanol–water partition coefficient (Wildman–Crippen LogP) is 4.86. The molecule has 3 N–H and O–H groups in total. The molecule has 4 aliphatic heterocycles. The van der Waals surface area contributed by atoms with Crippen LogP contribution < -0.4 is 36.0 Å². The Morgan fingerprint density at radius 1 is 0.984 bits per heavy atom. The molecule has 61 heavy (non-hydrogen) atoms. The highest BCUT2D eigenvalue weighted by atomic mass is 35.5. The number of carbonyl (C=O) groups excluding carboxylic acids is 2. The van der Waals surface area contributed by atoms with Crippen molar-refractivity contribution in [2.75, 3.05) is 72.9 Å². The van der Waals surface area contributed by atoms with Gasteiger partial charge >= 0.3 is 5.92 Å². The van der Waals surface area contributed by atoms with E-state index in [0.29, 0.717) is 76.8 Å². The lowest BCUT2D eigenvalue weighted by Crippen LogP contribution is -2.47. The van der Waals surface area contributed by atoms with E-state index >= 15 is 8.78 Å². The van der Waals surface area contributed by atoms with E-state index in [1.807, 2.05) is 36.0 Å². The number of piperazine rings is 1. The zero-order valence-corrected chi connectivity index (χ0v) is 34.6. The van der Waals surface area contributed by atoms with E-state index < -0.39 is 30.0 Å². The molecular weight excluding hydrogens is 808 g/mol. The number of hydrogen-bond donors (Lipinski definition) is 3. The molecule has 0 bridgehead atoms. The molecule has 5 atom stereocenters. The van der Waals surface area contributed by atoms with Gasteiger partial charge in [0.15, 0.2) is 12.4 Å². The highest BCUT2D eigenvalue weighted by Gasteiger charge is 2.56. The number of alkyl halides is 2. The minimum atomic E-state index is -3.13. The first-order valence-electron chi connectivity index (χ1n) is 21.2. The summed E-state index contributed by atoms with van der Waals surface area (Å²) in [6.45, 7) is 5.61. The van der Waals surface area contributed by atoms with Gasteiger partial charge in [-0.2, -0.15) is 10.1 Å². The molecule has 6 aliphatic rings. The summed E-state index contributed by atoms with van der Waals surface area (Å²) in [5.74, 6) is -1.59. The van der Waals surface area contributed by atoms with Crippen LogP contribution in [0.1, 0.15) is 37.3 Å². The summed E-state index contributed by atoms with van der Waals surface area (Å²) < 4.78 is 39.1. The molecule has 2 saturated carbocycles. The molecule has 3 saturated heterocycles. The number of anilines is 5. The number of amides is 2. The number of nitrogens with one attached hydrogen (secondary N) is 3. The van der Waals surface area contributed by atoms with E-state index in [2.05, 4.69) is 41.7 Å². The maximum atomic E-state index is 15.2. The van der Waals surface area contributed by atoms with E-state index in [-0.39, 0.29) is 29.2 Å². The first-order chi connectivity index (χ1) is 29.4. The minimum Gasteiger partial charge on any atom is -0.480 e. The van der Waals surface area contributed by atoms with Crippen molar-refractivity contribution < 1.29 is 23.1 Å². The Kier molecular flexibility index (Phi) is 8.97. The van der Waals surface area contributed by atoms with Crippen LogP contribution in [0, 0.1) is 23.7 Å². The number of piperidine rings is 2. The summed E-state index contributed by atoms with van der Waals surface area (Å²) in [6.07, 6.45) is 3.79. The first-order valence-corrected chi connectivity index (χ1v) is 21.5. The van der Waals surface area contributed by atoms with E-state index in [4.69, 9.17) is 26.4 Å². The van der Waals surface area contributed by atoms with Crippen molar-refractivity contribution in [3.05, 3.63) is 63.7 Å². The van der Waals surface area contributed by atoms with E-state index in [9.17, 15) is 14.4 Å². The normalized spacial score (nSPS) is 26.1. The Labute approximate surface area is 354 Å². The zero-order chi connectivity index (χ0) is 41.9. The second-order valence-electron chi connectivity index (χ2n) is 17.7. The van der Waals surface area contributed by atoms with Crippen molar-refractivity contribution in [3.63, 3.8) is 0 Å². The Morgan fingerprint density at radius 3 is 2.52 bits per heavy atom. The standard InChI is InChI=1S/C43H46ClF2N11O4/c1-53-31-10-8-23(16-26(31)35-37(41(53)60)61-21-43(45,46)38(50-35)22-6-7-22)48-39-30(44)17-47-42(51-39)57-19-28-27(29(28)20-57)18-55-12-14-56(15-13-55)32-5-3-4-24-34(52-54(2)36(24)32)25-9-11-33(58)49-40(25)59/h3-5,8,10,16-17,22,25,27-29,38,50H,6-7,9,11-15,18-21H2,1-2H3,(H,47,48,51)(H,49,58,59)/t25?,27?,28-,29+,38-/m0/s1. The number of halogens is 3. The van der Waals surface area contributed by atoms with E-state index in [1.54, 1.807) is 19.3 Å². The molecule has 5 aromatic rings. The second-order valence-corrected chi connectivity index (χ2v) is 18.1. The number of carbonyl (C=O) groups is 2. The average Bonchev–Trinajstić information content (AvgIpc) is 4.13. The molecular formula is C43H46ClF2N11O4. The number of fused-ring (bicyclic) bond motifs is 5. The van der Waals surface area contributed by atoms with Crippen molar-refractivity contribution in [2.45, 2.75) is 43.6 Å². The number of pyridine rings is 1. The smallest absolute Gasteiger partial charge is 0.301 e. The fourth-order valence-corrected chi connectivity index (χ4v) is 10.5. The third-order valence-electron chi connectivity index (χ3n) is 13.9. The molecule has 5 fully saturated rings. The highest BCUT2D eigenvalue weighted by molar-refractivity contribution is 6.33. The van der Waals surface area contributed by atoms with Gasteiger partial charge < -0.3 is 29.7 Å². The number of rotatable bonds is 8. The van der Waals surface area contributed by atoms with Gasteiger partial charge in [-0.1, -0.05) is 23.7 Å². The Bertz CT molecular complexity index is 2680. The molecule has 11 rings (SSSR count). The van der Waals surface area contributed by atoms with Gasteiger partial charge in [-0.25, -0.2) is 13.8 Å². The fraction of sp³-hybridized carbons (Fsp3) is 0.488. The largest absolute Gasteiger partial charge is 0.480 e. The van der Waals surface area contributed by atoms with Crippen molar-refractivity contribution in [3.8, 4) is 5.75 Å². The van der Waals surface area contributed by atoms with Crippen LogP contribution in [0.2, 0.25) is 5.02 Å². The maximum absolute atomic E-state index is 15.2. The lowest BCUT2D eigenvalue weighted by atomic mass is 9.92. The summed E-state index contributed by atoms with van der Waals surface area (Å²) in [4.78, 5) is 54.4. The van der Waals surface area contributed by atoms with E-state index in [0.717, 1.165) is 68.1 Å². The average molecular weight is 854 g/mol. The van der Waals surface area contributed by atoms with Gasteiger partial charge in [0.2, 0.25) is 23.5 Å². The Hall–Kier alpha value is -5.55. The molecule has 2 amide bonds. The summed E-state index contributed by atoms with van der Waals surface area (Å²) in [5.41, 5.74) is 3.87. The molecule has 7 heterocycles. The van der Waals surface area contributed by atoms with Crippen LogP contribution in [0.5, 0.6) is 5.75 Å². The molecule has 18 heteroatoms. The Balaban J connectivity index is 0.735. The van der Waals surface area contributed by atoms with Crippen molar-refractivity contribution in [2.24, 2.45) is 37.8 Å². The van der Waals surface area contributed by atoms with Gasteiger partial charge in [-0.05, 0) is 67.2 Å². The number of nitrogens with zero attached hydrogens (tertiary/aromatic N) is 8. The predicted molar refractivity (Wildman–Crippen MR) is 227 cm³/mol. The molecule has 0 spiro atoms. The molecule has 3 aromatic heterocycles. The monoisotopic (exact) mass is 853 g/mol. The van der Waals surface area contributed by atoms with Gasteiger partial charge in [-0.15, -0.1) is 0 Å². The molecule has 318 valence electrons. The van der Waals surface area contributed by atoms with Crippen LogP contribution in [0.4, 0.5) is 37.6 Å². The third kappa shape index (κ3) is 6.62. The number of ether oxygens (including phenoxy) is 1. The van der Waals surface area contributed by atoms with Crippen molar-refractivity contribution in [1.82, 2.24) is 34.5 Å². The van der Waals surface area contributed by atoms with Crippen LogP contribution in [-0.2, 0) is 23.7 Å². The zero-order valence-electron chi connectivity index (χ0n) is 33.8. The highest BCUT2D eigenvalue weighted by Crippen LogP contribution is 2.53. The van der Waals surface area contributed by atoms with Crippen LogP contribution in [0.3, 0.4) is 0 Å². The van der Waals surface area contributed by atoms with Crippen molar-refractivity contribution in [1.29, 1.82) is 0 Å². The first kappa shape index (κ1) is 38.4. The number of benzene rings is 2. The summed E-state index contributed by atoms with van der Waals surface area (Å²) >= 11 is 6.64. The van der Waals surface area contributed by atoms with Gasteiger partial charge in [0.1, 0.15) is 5.02 Å². The maximum Gasteiger partial charge on any atom is 0.301 e. The number of para-hydroxylation sites is 1. The molecule has 0 radical (unpaired) electrons. The summed E-state index contributed by atoms with van der Waals surface area (Å²) in [7, 11) is 3.53. The molecule has 2 aromatic carbocycles. The van der Waals surface area contributed by atoms with Crippen LogP contribution in [-0.4, -0.2) is 105 Å². The van der Waals surface area contributed by atoms with E-state index in [1.165, 1.54) is 4.57 Å². The second kappa shape index (κ2) is 14.3. The SMILES string of the molecule is Cn1nc(C2CCC(=O)NC2=O)c2cccc(N3CCN(CC4[C@H]5CN(c6ncc(Cl)c(Nc7ccc8c(c7)c7c(c(=O)n8C)OCC(F)(F)[C@H](C8CC8)N7)n6)C[C@@H]45)CC3)c21. The van der Waals surface area contributed by atoms with Crippen LogP contribution >= 0.6 is 11.6 Å². The number of aryl methyl sites for hydroxylation is 2. The number of imide groups is 1. The molecule has 2 unspecified atom stereocenters. The topological polar surface area (TPSA) is 155 Å². The quantitative estimate of drug-likeness (QED) is 0.183. The minimum absolute atomic E-state index is 0.104. The number of hydrogen-bond acceptors (Lipinski definition) is 12. The molecule has 2 aliphatic carbocycles.